The number of benzene rings is 1. The highest BCUT2D eigenvalue weighted by molar-refractivity contribution is 5.96. The normalized spacial score (nSPS) is 22.0. The van der Waals surface area contributed by atoms with Crippen molar-refractivity contribution in [1.82, 2.24) is 4.90 Å². The van der Waals surface area contributed by atoms with Crippen LogP contribution in [0.1, 0.15) is 36.5 Å². The molecule has 0 saturated carbocycles. The van der Waals surface area contributed by atoms with Gasteiger partial charge in [-0.25, -0.2) is 0 Å². The zero-order valence-electron chi connectivity index (χ0n) is 13.9. The Hall–Kier alpha value is -2.15. The van der Waals surface area contributed by atoms with Crippen LogP contribution in [0.25, 0.3) is 0 Å². The summed E-state index contributed by atoms with van der Waals surface area (Å²) >= 11 is 0. The van der Waals surface area contributed by atoms with Crippen LogP contribution in [-0.2, 0) is 0 Å². The number of aliphatic hydroxyl groups is 1. The van der Waals surface area contributed by atoms with E-state index in [1.165, 1.54) is 6.07 Å². The molecule has 1 aromatic rings. The second-order valence-corrected chi connectivity index (χ2v) is 6.70. The van der Waals surface area contributed by atoms with Crippen molar-refractivity contribution in [2.24, 2.45) is 5.92 Å². The van der Waals surface area contributed by atoms with Gasteiger partial charge in [-0.3, -0.25) is 14.9 Å². The van der Waals surface area contributed by atoms with Crippen molar-refractivity contribution in [1.29, 1.82) is 0 Å². The smallest absolute Gasteiger partial charge is 0.293 e. The van der Waals surface area contributed by atoms with E-state index in [4.69, 9.17) is 0 Å². The lowest BCUT2D eigenvalue weighted by Gasteiger charge is -2.20. The summed E-state index contributed by atoms with van der Waals surface area (Å²) in [5.74, 6) is -0.123. The van der Waals surface area contributed by atoms with Crippen LogP contribution in [0.15, 0.2) is 18.2 Å². The molecular weight excluding hydrogens is 310 g/mol. The number of rotatable bonds is 4. The molecule has 7 nitrogen and oxygen atoms in total. The number of hydrogen-bond donors (Lipinski definition) is 1. The van der Waals surface area contributed by atoms with Gasteiger partial charge in [-0.15, -0.1) is 0 Å². The van der Waals surface area contributed by atoms with E-state index in [-0.39, 0.29) is 17.5 Å². The fraction of sp³-hybridized carbons (Fsp3) is 0.588. The Balaban J connectivity index is 1.82. The molecule has 0 radical (unpaired) electrons. The first-order valence-electron chi connectivity index (χ1n) is 8.48. The Kier molecular flexibility index (Phi) is 4.71. The minimum atomic E-state index is -0.449. The van der Waals surface area contributed by atoms with Crippen LogP contribution in [0.3, 0.4) is 0 Å². The molecule has 2 aliphatic heterocycles. The summed E-state index contributed by atoms with van der Waals surface area (Å²) in [6.45, 7) is 4.44. The molecule has 2 atom stereocenters. The van der Waals surface area contributed by atoms with E-state index < -0.39 is 11.0 Å². The molecule has 3 rings (SSSR count). The number of hydrogen-bond acceptors (Lipinski definition) is 5. The lowest BCUT2D eigenvalue weighted by Crippen LogP contribution is -2.30. The molecule has 2 aliphatic rings. The first-order valence-corrected chi connectivity index (χ1v) is 8.48. The highest BCUT2D eigenvalue weighted by atomic mass is 16.6. The summed E-state index contributed by atoms with van der Waals surface area (Å²) in [7, 11) is 0. The molecule has 2 fully saturated rings. The third-order valence-electron chi connectivity index (χ3n) is 5.06. The lowest BCUT2D eigenvalue weighted by atomic mass is 10.0. The molecule has 130 valence electrons. The number of amides is 1. The molecule has 0 bridgehead atoms. The van der Waals surface area contributed by atoms with Crippen LogP contribution in [0.2, 0.25) is 0 Å². The molecular formula is C17H23N3O4. The number of carbonyl (C=O) groups is 1. The zero-order chi connectivity index (χ0) is 17.3. The Labute approximate surface area is 141 Å². The standard InChI is InChI=1S/C17H23N3O4/c1-12(21)14-6-9-19(11-14)17(22)13-4-5-15(16(10-13)20(23)24)18-7-2-3-8-18/h4-5,10,12,14,21H,2-3,6-9,11H2,1H3. The number of carbonyl (C=O) groups excluding carboxylic acids is 1. The Morgan fingerprint density at radius 2 is 2.04 bits per heavy atom. The fourth-order valence-electron chi connectivity index (χ4n) is 3.58. The lowest BCUT2D eigenvalue weighted by molar-refractivity contribution is -0.384. The number of likely N-dealkylation sites (tertiary alicyclic amines) is 1. The first kappa shape index (κ1) is 16.7. The van der Waals surface area contributed by atoms with E-state index in [2.05, 4.69) is 0 Å². The van der Waals surface area contributed by atoms with Gasteiger partial charge in [0, 0.05) is 43.7 Å². The highest BCUT2D eigenvalue weighted by Crippen LogP contribution is 2.32. The molecule has 0 aliphatic carbocycles. The second kappa shape index (κ2) is 6.76. The Morgan fingerprint density at radius 3 is 2.62 bits per heavy atom. The van der Waals surface area contributed by atoms with Crippen molar-refractivity contribution in [3.63, 3.8) is 0 Å². The highest BCUT2D eigenvalue weighted by Gasteiger charge is 2.31. The molecule has 1 N–H and O–H groups in total. The number of nitro benzene ring substituents is 1. The zero-order valence-corrected chi connectivity index (χ0v) is 13.9. The molecule has 2 saturated heterocycles. The van der Waals surface area contributed by atoms with Crippen molar-refractivity contribution in [2.45, 2.75) is 32.3 Å². The van der Waals surface area contributed by atoms with Gasteiger partial charge in [0.2, 0.25) is 0 Å². The summed E-state index contributed by atoms with van der Waals surface area (Å²) in [5.41, 5.74) is 0.933. The SMILES string of the molecule is CC(O)C1CCN(C(=O)c2ccc(N3CCCC3)c([N+](=O)[O-])c2)C1. The summed E-state index contributed by atoms with van der Waals surface area (Å²) in [4.78, 5) is 27.3. The molecule has 1 amide bonds. The monoisotopic (exact) mass is 333 g/mol. The second-order valence-electron chi connectivity index (χ2n) is 6.70. The maximum Gasteiger partial charge on any atom is 0.293 e. The van der Waals surface area contributed by atoms with Crippen LogP contribution < -0.4 is 4.90 Å². The summed E-state index contributed by atoms with van der Waals surface area (Å²) < 4.78 is 0. The van der Waals surface area contributed by atoms with Gasteiger partial charge in [0.05, 0.1) is 11.0 Å². The molecule has 2 heterocycles. The van der Waals surface area contributed by atoms with Crippen molar-refractivity contribution >= 4 is 17.3 Å². The van der Waals surface area contributed by atoms with Crippen molar-refractivity contribution in [3.8, 4) is 0 Å². The molecule has 7 heteroatoms. The van der Waals surface area contributed by atoms with E-state index in [9.17, 15) is 20.0 Å². The molecule has 24 heavy (non-hydrogen) atoms. The van der Waals surface area contributed by atoms with Crippen LogP contribution in [0.5, 0.6) is 0 Å². The average molecular weight is 333 g/mol. The van der Waals surface area contributed by atoms with Gasteiger partial charge in [-0.2, -0.15) is 0 Å². The van der Waals surface area contributed by atoms with E-state index in [0.29, 0.717) is 24.3 Å². The van der Waals surface area contributed by atoms with E-state index in [0.717, 1.165) is 32.4 Å². The van der Waals surface area contributed by atoms with E-state index in [1.54, 1.807) is 24.0 Å². The average Bonchev–Trinajstić information content (AvgIpc) is 3.25. The maximum absolute atomic E-state index is 12.6. The van der Waals surface area contributed by atoms with E-state index in [1.807, 2.05) is 4.90 Å². The summed E-state index contributed by atoms with van der Waals surface area (Å²) in [6.07, 6.45) is 2.38. The third kappa shape index (κ3) is 3.21. The number of anilines is 1. The van der Waals surface area contributed by atoms with Gasteiger partial charge in [0.1, 0.15) is 5.69 Å². The number of aliphatic hydroxyl groups excluding tert-OH is 1. The van der Waals surface area contributed by atoms with E-state index >= 15 is 0 Å². The van der Waals surface area contributed by atoms with Gasteiger partial charge in [-0.1, -0.05) is 0 Å². The molecule has 0 spiro atoms. The summed E-state index contributed by atoms with van der Waals surface area (Å²) in [6, 6.07) is 4.77. The maximum atomic E-state index is 12.6. The van der Waals surface area contributed by atoms with Crippen LogP contribution in [0, 0.1) is 16.0 Å². The van der Waals surface area contributed by atoms with Gasteiger partial charge >= 0.3 is 0 Å². The first-order chi connectivity index (χ1) is 11.5. The Morgan fingerprint density at radius 1 is 1.33 bits per heavy atom. The molecule has 2 unspecified atom stereocenters. The van der Waals surface area contributed by atoms with Crippen LogP contribution in [0.4, 0.5) is 11.4 Å². The quantitative estimate of drug-likeness (QED) is 0.673. The topological polar surface area (TPSA) is 86.9 Å². The van der Waals surface area contributed by atoms with Gasteiger partial charge in [0.25, 0.3) is 11.6 Å². The predicted molar refractivity (Wildman–Crippen MR) is 90.2 cm³/mol. The van der Waals surface area contributed by atoms with Crippen molar-refractivity contribution < 1.29 is 14.8 Å². The van der Waals surface area contributed by atoms with Crippen molar-refractivity contribution in [3.05, 3.63) is 33.9 Å². The molecule has 1 aromatic carbocycles. The van der Waals surface area contributed by atoms with Crippen LogP contribution in [-0.4, -0.2) is 53.1 Å². The van der Waals surface area contributed by atoms with Crippen LogP contribution >= 0.6 is 0 Å². The van der Waals surface area contributed by atoms with Gasteiger partial charge in [-0.05, 0) is 38.3 Å². The molecule has 0 aromatic heterocycles. The Bertz CT molecular complexity index is 641. The van der Waals surface area contributed by atoms with Gasteiger partial charge < -0.3 is 14.9 Å². The minimum Gasteiger partial charge on any atom is -0.393 e. The number of nitrogens with zero attached hydrogens (tertiary/aromatic N) is 3. The minimum absolute atomic E-state index is 0.00553. The van der Waals surface area contributed by atoms with Gasteiger partial charge in [0.15, 0.2) is 0 Å². The predicted octanol–water partition coefficient (Wildman–Crippen LogP) is 2.04. The van der Waals surface area contributed by atoms with Crippen molar-refractivity contribution in [2.75, 3.05) is 31.1 Å². The summed E-state index contributed by atoms with van der Waals surface area (Å²) in [5, 5.41) is 21.1. The fourth-order valence-corrected chi connectivity index (χ4v) is 3.58. The number of nitro groups is 1. The largest absolute Gasteiger partial charge is 0.393 e. The third-order valence-corrected chi connectivity index (χ3v) is 5.06.